The third-order valence-electron chi connectivity index (χ3n) is 4.44. The van der Waals surface area contributed by atoms with E-state index in [2.05, 4.69) is 33.8 Å². The van der Waals surface area contributed by atoms with E-state index in [9.17, 15) is 5.11 Å². The molecule has 0 bridgehead atoms. The van der Waals surface area contributed by atoms with Crippen molar-refractivity contribution in [1.29, 1.82) is 0 Å². The highest BCUT2D eigenvalue weighted by molar-refractivity contribution is 5.22. The molecule has 1 aliphatic carbocycles. The van der Waals surface area contributed by atoms with Gasteiger partial charge in [0.25, 0.3) is 0 Å². The smallest absolute Gasteiger partial charge is 0.0871 e. The number of rotatable bonds is 1. The Hall–Kier alpha value is -0.340. The lowest BCUT2D eigenvalue weighted by atomic mass is 9.76. The van der Waals surface area contributed by atoms with Crippen molar-refractivity contribution in [1.82, 2.24) is 0 Å². The first kappa shape index (κ1) is 13.1. The largest absolute Gasteiger partial charge is 0.389 e. The van der Waals surface area contributed by atoms with E-state index in [1.54, 1.807) is 0 Å². The van der Waals surface area contributed by atoms with E-state index in [-0.39, 0.29) is 17.3 Å². The van der Waals surface area contributed by atoms with Crippen molar-refractivity contribution in [2.24, 2.45) is 5.92 Å². The highest BCUT2D eigenvalue weighted by Gasteiger charge is 2.41. The molecular weight excluding hydrogens is 212 g/mol. The first-order valence-electron chi connectivity index (χ1n) is 6.92. The molecule has 1 unspecified atom stereocenters. The van der Waals surface area contributed by atoms with Crippen molar-refractivity contribution in [3.05, 3.63) is 11.6 Å². The Balaban J connectivity index is 2.18. The monoisotopic (exact) mass is 238 g/mol. The number of aliphatic hydroxyl groups is 1. The zero-order valence-corrected chi connectivity index (χ0v) is 11.6. The predicted molar refractivity (Wildman–Crippen MR) is 69.9 cm³/mol. The topological polar surface area (TPSA) is 29.5 Å². The third kappa shape index (κ3) is 2.74. The number of hydrogen-bond acceptors (Lipinski definition) is 2. The van der Waals surface area contributed by atoms with Gasteiger partial charge in [-0.3, -0.25) is 0 Å². The summed E-state index contributed by atoms with van der Waals surface area (Å²) in [6, 6.07) is 0. The maximum absolute atomic E-state index is 9.99. The molecule has 0 amide bonds. The van der Waals surface area contributed by atoms with Gasteiger partial charge < -0.3 is 9.84 Å². The number of aliphatic hydroxyl groups excluding tert-OH is 1. The van der Waals surface area contributed by atoms with E-state index < -0.39 is 0 Å². The molecule has 0 saturated carbocycles. The standard InChI is InChI=1S/C15H26O2/c1-11-6-7-12(10-13(11)16)15(4)9-5-8-14(2,3)17-15/h10-11,13,16H,5-9H2,1-4H3/t11?,13-,15+/m0/s1. The van der Waals surface area contributed by atoms with Crippen molar-refractivity contribution in [3.8, 4) is 0 Å². The molecule has 1 aliphatic heterocycles. The van der Waals surface area contributed by atoms with E-state index in [4.69, 9.17) is 4.74 Å². The van der Waals surface area contributed by atoms with Crippen LogP contribution in [0.25, 0.3) is 0 Å². The molecule has 0 aromatic carbocycles. The summed E-state index contributed by atoms with van der Waals surface area (Å²) < 4.78 is 6.30. The maximum atomic E-state index is 9.99. The van der Waals surface area contributed by atoms with Crippen LogP contribution >= 0.6 is 0 Å². The molecule has 2 nitrogen and oxygen atoms in total. The molecule has 0 aromatic heterocycles. The molecule has 2 aliphatic rings. The van der Waals surface area contributed by atoms with Crippen LogP contribution in [0.3, 0.4) is 0 Å². The van der Waals surface area contributed by atoms with Gasteiger partial charge in [-0.15, -0.1) is 0 Å². The summed E-state index contributed by atoms with van der Waals surface area (Å²) in [5.74, 6) is 0.388. The van der Waals surface area contributed by atoms with Crippen LogP contribution in [0, 0.1) is 5.92 Å². The van der Waals surface area contributed by atoms with Crippen LogP contribution < -0.4 is 0 Å². The Kier molecular flexibility index (Phi) is 3.39. The Labute approximate surface area is 105 Å². The average molecular weight is 238 g/mol. The third-order valence-corrected chi connectivity index (χ3v) is 4.44. The summed E-state index contributed by atoms with van der Waals surface area (Å²) in [6.07, 6.45) is 7.35. The normalized spacial score (nSPS) is 42.1. The van der Waals surface area contributed by atoms with Crippen molar-refractivity contribution < 1.29 is 9.84 Å². The number of ether oxygens (including phenoxy) is 1. The van der Waals surface area contributed by atoms with Gasteiger partial charge in [-0.1, -0.05) is 13.0 Å². The van der Waals surface area contributed by atoms with Gasteiger partial charge in [0.15, 0.2) is 0 Å². The minimum absolute atomic E-state index is 0.0259. The van der Waals surface area contributed by atoms with Crippen LogP contribution in [0.1, 0.15) is 59.8 Å². The van der Waals surface area contributed by atoms with Crippen molar-refractivity contribution in [2.75, 3.05) is 0 Å². The van der Waals surface area contributed by atoms with Gasteiger partial charge in [0.2, 0.25) is 0 Å². The molecule has 0 aromatic rings. The van der Waals surface area contributed by atoms with Gasteiger partial charge in [0.05, 0.1) is 17.3 Å². The quantitative estimate of drug-likeness (QED) is 0.709. The van der Waals surface area contributed by atoms with Gasteiger partial charge >= 0.3 is 0 Å². The highest BCUT2D eigenvalue weighted by atomic mass is 16.5. The fraction of sp³-hybridized carbons (Fsp3) is 0.867. The molecule has 0 radical (unpaired) electrons. The second-order valence-corrected chi connectivity index (χ2v) is 6.64. The van der Waals surface area contributed by atoms with Crippen LogP contribution in [-0.4, -0.2) is 22.4 Å². The van der Waals surface area contributed by atoms with Crippen LogP contribution in [0.5, 0.6) is 0 Å². The van der Waals surface area contributed by atoms with Gasteiger partial charge in [-0.2, -0.15) is 0 Å². The lowest BCUT2D eigenvalue weighted by molar-refractivity contribution is -0.148. The fourth-order valence-corrected chi connectivity index (χ4v) is 3.24. The fourth-order valence-electron chi connectivity index (χ4n) is 3.24. The van der Waals surface area contributed by atoms with E-state index in [1.165, 1.54) is 12.0 Å². The molecule has 1 fully saturated rings. The summed E-state index contributed by atoms with van der Waals surface area (Å²) >= 11 is 0. The molecule has 2 heteroatoms. The van der Waals surface area contributed by atoms with Gasteiger partial charge in [-0.25, -0.2) is 0 Å². The summed E-state index contributed by atoms with van der Waals surface area (Å²) in [6.45, 7) is 8.66. The van der Waals surface area contributed by atoms with Gasteiger partial charge in [0, 0.05) is 0 Å². The molecule has 17 heavy (non-hydrogen) atoms. The molecule has 1 saturated heterocycles. The summed E-state index contributed by atoms with van der Waals surface area (Å²) in [4.78, 5) is 0. The molecule has 98 valence electrons. The van der Waals surface area contributed by atoms with E-state index in [0.29, 0.717) is 5.92 Å². The van der Waals surface area contributed by atoms with Gasteiger partial charge in [-0.05, 0) is 64.4 Å². The summed E-state index contributed by atoms with van der Waals surface area (Å²) in [5, 5.41) is 9.99. The van der Waals surface area contributed by atoms with E-state index >= 15 is 0 Å². The Morgan fingerprint density at radius 3 is 2.59 bits per heavy atom. The summed E-state index contributed by atoms with van der Waals surface area (Å²) in [5.41, 5.74) is 1.14. The first-order chi connectivity index (χ1) is 7.82. The Bertz CT molecular complexity index is 319. The highest BCUT2D eigenvalue weighted by Crippen LogP contribution is 2.42. The van der Waals surface area contributed by atoms with Crippen LogP contribution in [-0.2, 0) is 4.74 Å². The van der Waals surface area contributed by atoms with Crippen molar-refractivity contribution in [2.45, 2.75) is 77.1 Å². The number of hydrogen-bond donors (Lipinski definition) is 1. The van der Waals surface area contributed by atoms with Crippen LogP contribution in [0.2, 0.25) is 0 Å². The van der Waals surface area contributed by atoms with Gasteiger partial charge in [0.1, 0.15) is 0 Å². The lowest BCUT2D eigenvalue weighted by Gasteiger charge is -2.46. The zero-order valence-electron chi connectivity index (χ0n) is 11.6. The molecule has 1 N–H and O–H groups in total. The van der Waals surface area contributed by atoms with Crippen molar-refractivity contribution in [3.63, 3.8) is 0 Å². The maximum Gasteiger partial charge on any atom is 0.0871 e. The minimum Gasteiger partial charge on any atom is -0.389 e. The van der Waals surface area contributed by atoms with Crippen LogP contribution in [0.4, 0.5) is 0 Å². The average Bonchev–Trinajstić information content (AvgIpc) is 2.20. The Morgan fingerprint density at radius 1 is 1.29 bits per heavy atom. The molecule has 2 rings (SSSR count). The SMILES string of the molecule is CC1CCC([C@@]2(C)CCCC(C)(C)O2)=C[C@@H]1O. The second kappa shape index (κ2) is 4.40. The predicted octanol–water partition coefficient (Wildman–Crippen LogP) is 3.44. The molecular formula is C15H26O2. The molecule has 1 heterocycles. The second-order valence-electron chi connectivity index (χ2n) is 6.64. The van der Waals surface area contributed by atoms with E-state index in [1.807, 2.05) is 0 Å². The minimum atomic E-state index is -0.288. The van der Waals surface area contributed by atoms with Crippen LogP contribution in [0.15, 0.2) is 11.6 Å². The Morgan fingerprint density at radius 2 is 2.00 bits per heavy atom. The molecule has 3 atom stereocenters. The zero-order chi connectivity index (χ0) is 12.7. The summed E-state index contributed by atoms with van der Waals surface area (Å²) in [7, 11) is 0. The van der Waals surface area contributed by atoms with Crippen molar-refractivity contribution >= 4 is 0 Å². The lowest BCUT2D eigenvalue weighted by Crippen LogP contribution is -2.45. The molecule has 0 spiro atoms. The first-order valence-corrected chi connectivity index (χ1v) is 6.92. The van der Waals surface area contributed by atoms with E-state index in [0.717, 1.165) is 25.7 Å².